The van der Waals surface area contributed by atoms with Gasteiger partial charge in [-0.2, -0.15) is 0 Å². The Bertz CT molecular complexity index is 1750. The zero-order chi connectivity index (χ0) is 61.7. The van der Waals surface area contributed by atoms with Crippen molar-refractivity contribution in [1.82, 2.24) is 5.32 Å². The van der Waals surface area contributed by atoms with E-state index < -0.39 is 67.4 Å². The zero-order valence-corrected chi connectivity index (χ0v) is 54.5. The van der Waals surface area contributed by atoms with E-state index in [9.17, 15) is 35.1 Å². The highest BCUT2D eigenvalue weighted by atomic mass is 16.7. The van der Waals surface area contributed by atoms with Crippen LogP contribution in [-0.2, 0) is 23.8 Å². The minimum absolute atomic E-state index is 0.117. The minimum atomic E-state index is -1.62. The first-order chi connectivity index (χ1) is 41.7. The molecule has 1 aliphatic heterocycles. The number of carbonyl (C=O) groups excluding carboxylic acids is 2. The zero-order valence-electron chi connectivity index (χ0n) is 54.5. The van der Waals surface area contributed by atoms with Crippen molar-refractivity contribution >= 4 is 11.9 Å². The fourth-order valence-corrected chi connectivity index (χ4v) is 10.5. The monoisotopic (exact) mass is 1190 g/mol. The quantitative estimate of drug-likeness (QED) is 0.0195. The topological polar surface area (TPSA) is 175 Å². The average Bonchev–Trinajstić information content (AvgIpc) is 3.69. The van der Waals surface area contributed by atoms with Crippen LogP contribution in [0.2, 0.25) is 0 Å². The molecule has 8 atom stereocenters. The van der Waals surface area contributed by atoms with Gasteiger partial charge in [-0.3, -0.25) is 9.59 Å². The highest BCUT2D eigenvalue weighted by Gasteiger charge is 2.47. The number of hydrogen-bond acceptors (Lipinski definition) is 10. The van der Waals surface area contributed by atoms with Crippen LogP contribution in [-0.4, -0.2) is 99.6 Å². The summed E-state index contributed by atoms with van der Waals surface area (Å²) >= 11 is 0. The van der Waals surface area contributed by atoms with Crippen molar-refractivity contribution in [3.05, 3.63) is 97.2 Å². The number of unbranched alkanes of at least 4 members (excludes halogenated alkanes) is 31. The number of hydrogen-bond donors (Lipinski definition) is 6. The molecule has 1 aliphatic rings. The molecular weight excluding hydrogens is 1060 g/mol. The molecule has 0 aliphatic carbocycles. The molecule has 0 bridgehead atoms. The predicted octanol–water partition coefficient (Wildman–Crippen LogP) is 17.8. The number of carbonyl (C=O) groups is 2. The fraction of sp³-hybridized carbons (Fsp3) is 0.757. The molecule has 1 amide bonds. The van der Waals surface area contributed by atoms with Gasteiger partial charge < -0.3 is 45.1 Å². The molecule has 6 N–H and O–H groups in total. The Kier molecular flexibility index (Phi) is 57.0. The van der Waals surface area contributed by atoms with Gasteiger partial charge in [-0.1, -0.05) is 285 Å². The maximum atomic E-state index is 13.5. The maximum absolute atomic E-state index is 13.5. The van der Waals surface area contributed by atoms with E-state index in [1.165, 1.54) is 148 Å². The lowest BCUT2D eigenvalue weighted by molar-refractivity contribution is -0.305. The van der Waals surface area contributed by atoms with Crippen LogP contribution in [0.1, 0.15) is 297 Å². The van der Waals surface area contributed by atoms with E-state index in [-0.39, 0.29) is 19.4 Å². The summed E-state index contributed by atoms with van der Waals surface area (Å²) < 4.78 is 17.7. The Morgan fingerprint density at radius 3 is 1.29 bits per heavy atom. The van der Waals surface area contributed by atoms with Gasteiger partial charge in [0.1, 0.15) is 24.4 Å². The molecule has 11 nitrogen and oxygen atoms in total. The molecule has 1 heterocycles. The molecule has 0 radical (unpaired) electrons. The van der Waals surface area contributed by atoms with Gasteiger partial charge in [-0.25, -0.2) is 0 Å². The lowest BCUT2D eigenvalue weighted by Gasteiger charge is -2.41. The molecule has 0 spiro atoms. The third-order valence-electron chi connectivity index (χ3n) is 16.0. The number of esters is 1. The van der Waals surface area contributed by atoms with E-state index >= 15 is 0 Å². The Morgan fingerprint density at radius 2 is 0.847 bits per heavy atom. The first kappa shape index (κ1) is 79.6. The molecule has 0 aromatic rings. The second kappa shape index (κ2) is 60.8. The van der Waals surface area contributed by atoms with Gasteiger partial charge >= 0.3 is 5.97 Å². The highest BCUT2D eigenvalue weighted by Crippen LogP contribution is 2.26. The third-order valence-corrected chi connectivity index (χ3v) is 16.0. The number of nitrogens with one attached hydrogen (secondary N) is 1. The highest BCUT2D eigenvalue weighted by molar-refractivity contribution is 5.80. The molecule has 0 aromatic heterocycles. The second-order valence-corrected chi connectivity index (χ2v) is 23.9. The number of aliphatic hydroxyl groups is 5. The van der Waals surface area contributed by atoms with Gasteiger partial charge in [0.2, 0.25) is 5.91 Å². The third kappa shape index (κ3) is 48.2. The van der Waals surface area contributed by atoms with Crippen LogP contribution in [0.15, 0.2) is 97.2 Å². The molecule has 0 aromatic carbocycles. The molecule has 0 saturated carbocycles. The summed E-state index contributed by atoms with van der Waals surface area (Å²) in [6.07, 6.45) is 71.5. The van der Waals surface area contributed by atoms with Gasteiger partial charge in [-0.05, 0) is 103 Å². The van der Waals surface area contributed by atoms with Crippen LogP contribution in [0, 0.1) is 0 Å². The summed E-state index contributed by atoms with van der Waals surface area (Å²) in [6, 6.07) is -1.03. The first-order valence-corrected chi connectivity index (χ1v) is 35.0. The molecule has 85 heavy (non-hydrogen) atoms. The van der Waals surface area contributed by atoms with Gasteiger partial charge in [0, 0.05) is 6.42 Å². The molecule has 1 fully saturated rings. The summed E-state index contributed by atoms with van der Waals surface area (Å²) in [5.74, 6) is -1.20. The smallest absolute Gasteiger partial charge is 0.306 e. The van der Waals surface area contributed by atoms with E-state index in [2.05, 4.69) is 111 Å². The van der Waals surface area contributed by atoms with Crippen LogP contribution in [0.3, 0.4) is 0 Å². The Morgan fingerprint density at radius 1 is 0.471 bits per heavy atom. The summed E-state index contributed by atoms with van der Waals surface area (Å²) in [5, 5.41) is 57.2. The molecule has 1 saturated heterocycles. The standard InChI is InChI=1S/C74H129NO10/c1-4-7-10-13-16-19-22-24-26-28-30-32-33-34-36-37-39-41-43-46-49-52-55-58-61-67(78)73(82)75-65(66(77)60-57-54-51-48-45-21-18-15-12-9-6-3)64-83-74-72(71(81)70(80)68(63-76)84-74)85-69(79)62-59-56-53-50-47-44-42-40-38-35-31-29-27-25-23-20-17-14-11-8-5-2/h7,10,16-17,19-20,24-27,30,32,34,36,57,60,65-68,70-72,74,76-78,80-81H,4-6,8-9,11-15,18,21-23,28-29,31,33,35,37-56,58-59,61-64H2,1-3H3,(H,75,82)/b10-7-,19-16-,20-17-,26-24-,27-25-,32-30-,36-34-,60-57+. The Labute approximate surface area is 520 Å². The summed E-state index contributed by atoms with van der Waals surface area (Å²) in [6.45, 7) is 5.66. The molecular formula is C74H129NO10. The lowest BCUT2D eigenvalue weighted by atomic mass is 9.99. The summed E-state index contributed by atoms with van der Waals surface area (Å²) in [4.78, 5) is 26.7. The minimum Gasteiger partial charge on any atom is -0.454 e. The molecule has 8 unspecified atom stereocenters. The van der Waals surface area contributed by atoms with Crippen molar-refractivity contribution in [2.24, 2.45) is 0 Å². The number of rotatable bonds is 59. The lowest BCUT2D eigenvalue weighted by Crippen LogP contribution is -2.61. The fourth-order valence-electron chi connectivity index (χ4n) is 10.5. The van der Waals surface area contributed by atoms with Crippen LogP contribution in [0.5, 0.6) is 0 Å². The largest absolute Gasteiger partial charge is 0.454 e. The number of aliphatic hydroxyl groups excluding tert-OH is 5. The van der Waals surface area contributed by atoms with E-state index in [1.807, 2.05) is 6.08 Å². The maximum Gasteiger partial charge on any atom is 0.306 e. The predicted molar refractivity (Wildman–Crippen MR) is 356 cm³/mol. The van der Waals surface area contributed by atoms with Gasteiger partial charge in [0.15, 0.2) is 12.4 Å². The second-order valence-electron chi connectivity index (χ2n) is 23.9. The van der Waals surface area contributed by atoms with Gasteiger partial charge in [-0.15, -0.1) is 0 Å². The van der Waals surface area contributed by atoms with E-state index in [4.69, 9.17) is 14.2 Å². The van der Waals surface area contributed by atoms with Crippen LogP contribution < -0.4 is 5.32 Å². The van der Waals surface area contributed by atoms with Crippen molar-refractivity contribution in [2.75, 3.05) is 13.2 Å². The normalized spacial score (nSPS) is 19.0. The number of amides is 1. The van der Waals surface area contributed by atoms with E-state index in [0.717, 1.165) is 103 Å². The van der Waals surface area contributed by atoms with E-state index in [0.29, 0.717) is 12.8 Å². The molecule has 1 rings (SSSR count). The van der Waals surface area contributed by atoms with Crippen LogP contribution in [0.4, 0.5) is 0 Å². The molecule has 490 valence electrons. The van der Waals surface area contributed by atoms with Gasteiger partial charge in [0.05, 0.1) is 25.4 Å². The van der Waals surface area contributed by atoms with Crippen LogP contribution in [0.25, 0.3) is 0 Å². The average molecular weight is 1190 g/mol. The summed E-state index contributed by atoms with van der Waals surface area (Å²) in [7, 11) is 0. The van der Waals surface area contributed by atoms with Crippen LogP contribution >= 0.6 is 0 Å². The van der Waals surface area contributed by atoms with Crippen molar-refractivity contribution in [1.29, 1.82) is 0 Å². The Balaban J connectivity index is 2.58. The van der Waals surface area contributed by atoms with Crippen molar-refractivity contribution in [3.63, 3.8) is 0 Å². The number of ether oxygens (including phenoxy) is 3. The summed E-state index contributed by atoms with van der Waals surface area (Å²) in [5.41, 5.74) is 0. The van der Waals surface area contributed by atoms with Gasteiger partial charge in [0.25, 0.3) is 0 Å². The SMILES string of the molecule is CC/C=C\C/C=C\C/C=C\C/C=C\C/C=C\CCCCCCCCCCC(O)C(=O)NC(COC1OC(CO)C(O)C(O)C1OC(=O)CCCCCCCCCCCCC/C=C\C/C=C\CCCCC)C(O)/C=C/CCCCCCCCCCC. The first-order valence-electron chi connectivity index (χ1n) is 35.0. The molecule has 11 heteroatoms. The van der Waals surface area contributed by atoms with Crippen molar-refractivity contribution < 1.29 is 49.3 Å². The Hall–Kier alpha value is -3.42. The van der Waals surface area contributed by atoms with Crippen molar-refractivity contribution in [2.45, 2.75) is 346 Å². The van der Waals surface area contributed by atoms with E-state index in [1.54, 1.807) is 6.08 Å². The van der Waals surface area contributed by atoms with Crippen molar-refractivity contribution in [3.8, 4) is 0 Å². The number of allylic oxidation sites excluding steroid dienone is 15.